The van der Waals surface area contributed by atoms with Crippen LogP contribution < -0.4 is 4.72 Å². The van der Waals surface area contributed by atoms with E-state index in [0.29, 0.717) is 16.8 Å². The number of aryl methyl sites for hydroxylation is 2. The zero-order valence-corrected chi connectivity index (χ0v) is 14.2. The fourth-order valence-electron chi connectivity index (χ4n) is 3.29. The average Bonchev–Trinajstić information content (AvgIpc) is 3.12. The molecule has 24 heavy (non-hydrogen) atoms. The van der Waals surface area contributed by atoms with Crippen LogP contribution in [0, 0.1) is 13.8 Å². The largest absolute Gasteiger partial charge is 0.336 e. The van der Waals surface area contributed by atoms with E-state index in [1.54, 1.807) is 13.0 Å². The first kappa shape index (κ1) is 15.3. The first-order valence-corrected chi connectivity index (χ1v) is 9.27. The summed E-state index contributed by atoms with van der Waals surface area (Å²) < 4.78 is 33.4. The molecule has 0 saturated heterocycles. The maximum Gasteiger partial charge on any atom is 0.257 e. The third-order valence-electron chi connectivity index (χ3n) is 4.60. The maximum atomic E-state index is 12.8. The molecule has 0 radical (unpaired) electrons. The summed E-state index contributed by atoms with van der Waals surface area (Å²) in [6.45, 7) is 3.82. The minimum absolute atomic E-state index is 0.127. The Labute approximate surface area is 139 Å². The summed E-state index contributed by atoms with van der Waals surface area (Å²) in [6.07, 6.45) is 2.96. The van der Waals surface area contributed by atoms with E-state index >= 15 is 0 Å². The third-order valence-corrected chi connectivity index (χ3v) is 6.04. The average molecular weight is 343 g/mol. The van der Waals surface area contributed by atoms with Gasteiger partial charge >= 0.3 is 0 Å². The number of pyridine rings is 1. The number of aromatic nitrogens is 2. The van der Waals surface area contributed by atoms with Gasteiger partial charge in [0.05, 0.1) is 17.3 Å². The highest BCUT2D eigenvalue weighted by atomic mass is 32.2. The second kappa shape index (κ2) is 5.39. The van der Waals surface area contributed by atoms with Gasteiger partial charge in [0.2, 0.25) is 10.0 Å². The predicted octanol–water partition coefficient (Wildman–Crippen LogP) is 2.81. The van der Waals surface area contributed by atoms with E-state index in [4.69, 9.17) is 4.52 Å². The predicted molar refractivity (Wildman–Crippen MR) is 89.1 cm³/mol. The quantitative estimate of drug-likeness (QED) is 0.790. The summed E-state index contributed by atoms with van der Waals surface area (Å²) in [5.74, 6) is 0. The van der Waals surface area contributed by atoms with Crippen LogP contribution in [-0.4, -0.2) is 18.6 Å². The number of benzene rings is 1. The van der Waals surface area contributed by atoms with Crippen molar-refractivity contribution in [3.05, 3.63) is 52.8 Å². The van der Waals surface area contributed by atoms with Crippen molar-refractivity contribution in [3.8, 4) is 0 Å². The monoisotopic (exact) mass is 343 g/mol. The molecule has 4 rings (SSSR count). The third kappa shape index (κ3) is 2.40. The lowest BCUT2D eigenvalue weighted by molar-refractivity contribution is 0.442. The van der Waals surface area contributed by atoms with Crippen molar-refractivity contribution in [3.63, 3.8) is 0 Å². The molecule has 0 amide bonds. The van der Waals surface area contributed by atoms with Gasteiger partial charge in [-0.3, -0.25) is 0 Å². The Morgan fingerprint density at radius 2 is 2.12 bits per heavy atom. The molecule has 1 aliphatic carbocycles. The van der Waals surface area contributed by atoms with Gasteiger partial charge in [-0.2, -0.15) is 0 Å². The van der Waals surface area contributed by atoms with Crippen molar-refractivity contribution in [2.75, 3.05) is 0 Å². The first-order chi connectivity index (χ1) is 11.5. The SMILES string of the molecule is Cc1cccc2c1CCC2NS(=O)(=O)c1cnc2onc(C)c2c1. The van der Waals surface area contributed by atoms with Crippen molar-refractivity contribution in [1.82, 2.24) is 14.9 Å². The Kier molecular flexibility index (Phi) is 3.43. The topological polar surface area (TPSA) is 85.1 Å². The van der Waals surface area contributed by atoms with Gasteiger partial charge in [-0.1, -0.05) is 23.4 Å². The standard InChI is InChI=1S/C17H17N3O3S/c1-10-4-3-5-14-13(10)6-7-16(14)20-24(21,22)12-8-15-11(2)19-23-17(15)18-9-12/h3-5,8-9,16,20H,6-7H2,1-2H3. The van der Waals surface area contributed by atoms with Crippen LogP contribution in [0.2, 0.25) is 0 Å². The van der Waals surface area contributed by atoms with E-state index in [1.807, 2.05) is 12.1 Å². The number of fused-ring (bicyclic) bond motifs is 2. The number of hydrogen-bond donors (Lipinski definition) is 1. The Balaban J connectivity index is 1.69. The molecule has 1 unspecified atom stereocenters. The van der Waals surface area contributed by atoms with Crippen molar-refractivity contribution >= 4 is 21.1 Å². The highest BCUT2D eigenvalue weighted by Gasteiger charge is 2.28. The van der Waals surface area contributed by atoms with Crippen LogP contribution >= 0.6 is 0 Å². The number of nitrogens with zero attached hydrogens (tertiary/aromatic N) is 2. The van der Waals surface area contributed by atoms with Crippen molar-refractivity contribution in [1.29, 1.82) is 0 Å². The van der Waals surface area contributed by atoms with Crippen molar-refractivity contribution in [2.24, 2.45) is 0 Å². The molecule has 6 nitrogen and oxygen atoms in total. The number of nitrogens with one attached hydrogen (secondary N) is 1. The van der Waals surface area contributed by atoms with Gasteiger partial charge in [0.1, 0.15) is 4.90 Å². The van der Waals surface area contributed by atoms with Crippen molar-refractivity contribution in [2.45, 2.75) is 37.6 Å². The zero-order chi connectivity index (χ0) is 16.9. The molecular weight excluding hydrogens is 326 g/mol. The number of rotatable bonds is 3. The summed E-state index contributed by atoms with van der Waals surface area (Å²) in [7, 11) is -3.67. The van der Waals surface area contributed by atoms with E-state index < -0.39 is 10.0 Å². The molecule has 2 aromatic heterocycles. The lowest BCUT2D eigenvalue weighted by Gasteiger charge is -2.14. The van der Waals surface area contributed by atoms with Crippen LogP contribution in [0.25, 0.3) is 11.1 Å². The van der Waals surface area contributed by atoms with Gasteiger partial charge in [-0.15, -0.1) is 0 Å². The van der Waals surface area contributed by atoms with E-state index in [0.717, 1.165) is 18.4 Å². The van der Waals surface area contributed by atoms with Gasteiger partial charge < -0.3 is 4.52 Å². The second-order valence-electron chi connectivity index (χ2n) is 6.15. The van der Waals surface area contributed by atoms with Crippen molar-refractivity contribution < 1.29 is 12.9 Å². The van der Waals surface area contributed by atoms with Crippen LogP contribution in [-0.2, 0) is 16.4 Å². The van der Waals surface area contributed by atoms with Gasteiger partial charge in [0.25, 0.3) is 5.71 Å². The normalized spacial score (nSPS) is 17.3. The van der Waals surface area contributed by atoms with Crippen LogP contribution in [0.1, 0.15) is 34.8 Å². The molecule has 0 fully saturated rings. The van der Waals surface area contributed by atoms with Crippen LogP contribution in [0.15, 0.2) is 39.9 Å². The zero-order valence-electron chi connectivity index (χ0n) is 13.4. The molecule has 7 heteroatoms. The van der Waals surface area contributed by atoms with Gasteiger partial charge in [-0.25, -0.2) is 18.1 Å². The molecule has 124 valence electrons. The molecule has 1 N–H and O–H groups in total. The van der Waals surface area contributed by atoms with Gasteiger partial charge in [0.15, 0.2) is 0 Å². The fraction of sp³-hybridized carbons (Fsp3) is 0.294. The molecular formula is C17H17N3O3S. The Hall–Kier alpha value is -2.25. The Morgan fingerprint density at radius 1 is 1.29 bits per heavy atom. The second-order valence-corrected chi connectivity index (χ2v) is 7.86. The highest BCUT2D eigenvalue weighted by Crippen LogP contribution is 2.34. The molecule has 1 atom stereocenters. The summed E-state index contributed by atoms with van der Waals surface area (Å²) in [4.78, 5) is 4.18. The van der Waals surface area contributed by atoms with Crippen LogP contribution in [0.3, 0.4) is 0 Å². The molecule has 0 aliphatic heterocycles. The van der Waals surface area contributed by atoms with Gasteiger partial charge in [-0.05, 0) is 49.4 Å². The summed E-state index contributed by atoms with van der Waals surface area (Å²) >= 11 is 0. The molecule has 0 saturated carbocycles. The summed E-state index contributed by atoms with van der Waals surface area (Å²) in [5, 5.41) is 4.42. The minimum atomic E-state index is -3.67. The minimum Gasteiger partial charge on any atom is -0.336 e. The molecule has 3 aromatic rings. The summed E-state index contributed by atoms with van der Waals surface area (Å²) in [6, 6.07) is 7.37. The first-order valence-electron chi connectivity index (χ1n) is 7.78. The smallest absolute Gasteiger partial charge is 0.257 e. The molecule has 0 bridgehead atoms. The number of hydrogen-bond acceptors (Lipinski definition) is 5. The fourth-order valence-corrected chi connectivity index (χ4v) is 4.51. The van der Waals surface area contributed by atoms with Crippen LogP contribution in [0.5, 0.6) is 0 Å². The lowest BCUT2D eigenvalue weighted by Crippen LogP contribution is -2.27. The Morgan fingerprint density at radius 3 is 2.96 bits per heavy atom. The molecule has 2 heterocycles. The van der Waals surface area contributed by atoms with Crippen LogP contribution in [0.4, 0.5) is 0 Å². The van der Waals surface area contributed by atoms with E-state index in [9.17, 15) is 8.42 Å². The molecule has 1 aliphatic rings. The highest BCUT2D eigenvalue weighted by molar-refractivity contribution is 7.89. The van der Waals surface area contributed by atoms with E-state index in [2.05, 4.69) is 27.9 Å². The maximum absolute atomic E-state index is 12.8. The van der Waals surface area contributed by atoms with Gasteiger partial charge in [0, 0.05) is 6.04 Å². The van der Waals surface area contributed by atoms with E-state index in [1.165, 1.54) is 17.3 Å². The number of sulfonamides is 1. The lowest BCUT2D eigenvalue weighted by atomic mass is 10.0. The van der Waals surface area contributed by atoms with E-state index in [-0.39, 0.29) is 10.9 Å². The summed E-state index contributed by atoms with van der Waals surface area (Å²) in [5.41, 5.74) is 4.48. The Bertz CT molecular complexity index is 1040. The molecule has 0 spiro atoms. The molecule has 1 aromatic carbocycles.